The highest BCUT2D eigenvalue weighted by molar-refractivity contribution is 6.33. The Bertz CT molecular complexity index is 835. The van der Waals surface area contributed by atoms with Crippen molar-refractivity contribution in [2.24, 2.45) is 11.8 Å². The molecule has 2 aromatic heterocycles. The van der Waals surface area contributed by atoms with Gasteiger partial charge in [-0.05, 0) is 31.6 Å². The molecule has 5 rings (SSSR count). The largest absolute Gasteiger partial charge is 0.368 e. The van der Waals surface area contributed by atoms with Gasteiger partial charge in [0, 0.05) is 23.9 Å². The highest BCUT2D eigenvalue weighted by Crippen LogP contribution is 2.61. The summed E-state index contributed by atoms with van der Waals surface area (Å²) in [4.78, 5) is 24.5. The number of carbonyl (C=O) groups is 1. The zero-order chi connectivity index (χ0) is 15.8. The minimum absolute atomic E-state index is 0.0149. The molecule has 0 aromatic carbocycles. The Labute approximate surface area is 137 Å². The van der Waals surface area contributed by atoms with Gasteiger partial charge < -0.3 is 15.6 Å². The molecule has 2 saturated carbocycles. The number of hydrogen-bond donors (Lipinski definition) is 2. The number of piperidine rings is 1. The third-order valence-corrected chi connectivity index (χ3v) is 6.34. The molecule has 3 N–H and O–H groups in total. The number of nitrogens with zero attached hydrogens (tertiary/aromatic N) is 4. The van der Waals surface area contributed by atoms with Gasteiger partial charge in [-0.1, -0.05) is 11.6 Å². The normalized spacial score (nSPS) is 35.5. The van der Waals surface area contributed by atoms with Crippen molar-refractivity contribution in [1.82, 2.24) is 24.8 Å². The van der Waals surface area contributed by atoms with E-state index in [2.05, 4.69) is 24.8 Å². The Morgan fingerprint density at radius 3 is 3.09 bits per heavy atom. The Kier molecular flexibility index (Phi) is 2.56. The molecule has 120 valence electrons. The minimum atomic E-state index is -0.0149. The number of hydrogen-bond acceptors (Lipinski definition) is 5. The summed E-state index contributed by atoms with van der Waals surface area (Å²) in [6.45, 7) is 0. The fourth-order valence-electron chi connectivity index (χ4n) is 5.09. The Morgan fingerprint density at radius 2 is 2.22 bits per heavy atom. The van der Waals surface area contributed by atoms with Crippen LogP contribution in [-0.2, 0) is 4.79 Å². The lowest BCUT2D eigenvalue weighted by atomic mass is 9.59. The molecule has 7 nitrogen and oxygen atoms in total. The van der Waals surface area contributed by atoms with Crippen LogP contribution < -0.4 is 11.1 Å². The zero-order valence-corrected chi connectivity index (χ0v) is 13.3. The topological polar surface area (TPSA) is 98.7 Å². The number of nitrogen functional groups attached to an aromatic ring is 1. The van der Waals surface area contributed by atoms with Crippen molar-refractivity contribution in [1.29, 1.82) is 0 Å². The van der Waals surface area contributed by atoms with Gasteiger partial charge in [-0.2, -0.15) is 9.97 Å². The van der Waals surface area contributed by atoms with Crippen molar-refractivity contribution in [3.05, 3.63) is 11.5 Å². The summed E-state index contributed by atoms with van der Waals surface area (Å²) in [5.41, 5.74) is 7.00. The van der Waals surface area contributed by atoms with Crippen molar-refractivity contribution in [2.45, 2.75) is 43.7 Å². The summed E-state index contributed by atoms with van der Waals surface area (Å²) in [7, 11) is 0. The number of nitrogens with two attached hydrogens (primary N) is 1. The Hall–Kier alpha value is -1.89. The zero-order valence-electron chi connectivity index (χ0n) is 12.5. The number of halogens is 1. The average molecular weight is 333 g/mol. The molecule has 3 aliphatic rings. The third-order valence-electron chi connectivity index (χ3n) is 6.07. The SMILES string of the molecule is Nc1nc(Cl)c2ncn(C3CC45NC(=O)CCC4CCC35)c2n1. The molecule has 4 atom stereocenters. The standard InChI is InChI=1S/C15H17ClN6O/c16-12-11-13(20-14(17)19-12)22(6-18-11)9-5-15-7(1-3-8(9)15)2-4-10(23)21-15/h6-9H,1-5H2,(H,21,23)(H2,17,19,20). The van der Waals surface area contributed by atoms with Gasteiger partial charge in [-0.25, -0.2) is 4.98 Å². The van der Waals surface area contributed by atoms with E-state index < -0.39 is 0 Å². The summed E-state index contributed by atoms with van der Waals surface area (Å²) < 4.78 is 2.07. The number of anilines is 1. The average Bonchev–Trinajstić information content (AvgIpc) is 3.01. The number of nitrogens with one attached hydrogen (secondary N) is 1. The van der Waals surface area contributed by atoms with E-state index in [0.29, 0.717) is 29.4 Å². The first-order valence-electron chi connectivity index (χ1n) is 8.05. The molecule has 1 aliphatic heterocycles. The van der Waals surface area contributed by atoms with Crippen molar-refractivity contribution in [3.63, 3.8) is 0 Å². The number of amides is 1. The number of aromatic nitrogens is 4. The van der Waals surface area contributed by atoms with E-state index in [0.717, 1.165) is 19.3 Å². The lowest BCUT2D eigenvalue weighted by Gasteiger charge is -2.56. The minimum Gasteiger partial charge on any atom is -0.368 e. The number of fused-ring (bicyclic) bond motifs is 1. The van der Waals surface area contributed by atoms with E-state index in [1.54, 1.807) is 6.33 Å². The molecule has 2 aliphatic carbocycles. The molecule has 2 aromatic rings. The fraction of sp³-hybridized carbons (Fsp3) is 0.600. The molecule has 4 unspecified atom stereocenters. The lowest BCUT2D eigenvalue weighted by molar-refractivity contribution is -0.132. The summed E-state index contributed by atoms with van der Waals surface area (Å²) in [6, 6.07) is 0.286. The van der Waals surface area contributed by atoms with Crippen LogP contribution in [0.25, 0.3) is 11.2 Å². The van der Waals surface area contributed by atoms with Crippen LogP contribution in [0.1, 0.15) is 38.1 Å². The van der Waals surface area contributed by atoms with Crippen LogP contribution in [0.15, 0.2) is 6.33 Å². The van der Waals surface area contributed by atoms with E-state index in [1.807, 2.05) is 0 Å². The molecular weight excluding hydrogens is 316 g/mol. The highest BCUT2D eigenvalue weighted by Gasteiger charge is 2.63. The van der Waals surface area contributed by atoms with Crippen LogP contribution in [0.4, 0.5) is 5.95 Å². The monoisotopic (exact) mass is 332 g/mol. The molecule has 1 saturated heterocycles. The van der Waals surface area contributed by atoms with Crippen molar-refractivity contribution < 1.29 is 4.79 Å². The van der Waals surface area contributed by atoms with Crippen LogP contribution in [0.5, 0.6) is 0 Å². The molecular formula is C15H17ClN6O. The second-order valence-electron chi connectivity index (χ2n) is 6.98. The van der Waals surface area contributed by atoms with Gasteiger partial charge in [0.15, 0.2) is 10.8 Å². The first kappa shape index (κ1) is 13.5. The Balaban J connectivity index is 1.55. The van der Waals surface area contributed by atoms with E-state index >= 15 is 0 Å². The van der Waals surface area contributed by atoms with Gasteiger partial charge in [0.1, 0.15) is 5.52 Å². The molecule has 1 amide bonds. The number of rotatable bonds is 1. The predicted molar refractivity (Wildman–Crippen MR) is 84.7 cm³/mol. The van der Waals surface area contributed by atoms with Crippen LogP contribution >= 0.6 is 11.6 Å². The fourth-order valence-corrected chi connectivity index (χ4v) is 5.31. The molecule has 23 heavy (non-hydrogen) atoms. The van der Waals surface area contributed by atoms with Crippen LogP contribution in [0.2, 0.25) is 5.15 Å². The van der Waals surface area contributed by atoms with Gasteiger partial charge in [0.25, 0.3) is 0 Å². The van der Waals surface area contributed by atoms with Gasteiger partial charge in [0.2, 0.25) is 11.9 Å². The third kappa shape index (κ3) is 1.66. The van der Waals surface area contributed by atoms with E-state index in [-0.39, 0.29) is 28.6 Å². The summed E-state index contributed by atoms with van der Waals surface area (Å²) in [5, 5.41) is 3.59. The second-order valence-corrected chi connectivity index (χ2v) is 7.33. The van der Waals surface area contributed by atoms with Gasteiger partial charge >= 0.3 is 0 Å². The first-order chi connectivity index (χ1) is 11.1. The quantitative estimate of drug-likeness (QED) is 0.774. The molecule has 8 heteroatoms. The molecule has 3 heterocycles. The molecule has 0 radical (unpaired) electrons. The number of carbonyl (C=O) groups excluding carboxylic acids is 1. The van der Waals surface area contributed by atoms with Crippen molar-refractivity contribution in [3.8, 4) is 0 Å². The molecule has 3 fully saturated rings. The highest BCUT2D eigenvalue weighted by atomic mass is 35.5. The van der Waals surface area contributed by atoms with Gasteiger partial charge in [0.05, 0.1) is 6.33 Å². The van der Waals surface area contributed by atoms with Gasteiger partial charge in [-0.15, -0.1) is 0 Å². The van der Waals surface area contributed by atoms with Crippen molar-refractivity contribution in [2.75, 3.05) is 5.73 Å². The maximum absolute atomic E-state index is 11.9. The molecule has 0 bridgehead atoms. The van der Waals surface area contributed by atoms with E-state index in [1.165, 1.54) is 6.42 Å². The van der Waals surface area contributed by atoms with Crippen LogP contribution in [0, 0.1) is 11.8 Å². The summed E-state index contributed by atoms with van der Waals surface area (Å²) in [5.74, 6) is 1.40. The van der Waals surface area contributed by atoms with Crippen LogP contribution in [0.3, 0.4) is 0 Å². The predicted octanol–water partition coefficient (Wildman–Crippen LogP) is 1.68. The van der Waals surface area contributed by atoms with Crippen LogP contribution in [-0.4, -0.2) is 31.0 Å². The molecule has 1 spiro atoms. The van der Waals surface area contributed by atoms with Crippen molar-refractivity contribution >= 4 is 34.6 Å². The Morgan fingerprint density at radius 1 is 1.35 bits per heavy atom. The lowest BCUT2D eigenvalue weighted by Crippen LogP contribution is -2.67. The second kappa shape index (κ2) is 4.35. The maximum Gasteiger partial charge on any atom is 0.223 e. The summed E-state index contributed by atoms with van der Waals surface area (Å²) in [6.07, 6.45) is 6.70. The summed E-state index contributed by atoms with van der Waals surface area (Å²) >= 11 is 6.12. The number of imidazole rings is 1. The van der Waals surface area contributed by atoms with Gasteiger partial charge in [-0.3, -0.25) is 4.79 Å². The first-order valence-corrected chi connectivity index (χ1v) is 8.43. The van der Waals surface area contributed by atoms with E-state index in [4.69, 9.17) is 17.3 Å². The smallest absolute Gasteiger partial charge is 0.223 e. The maximum atomic E-state index is 11.9. The van der Waals surface area contributed by atoms with E-state index in [9.17, 15) is 4.79 Å².